The van der Waals surface area contributed by atoms with Gasteiger partial charge in [0, 0.05) is 24.7 Å². The minimum atomic E-state index is 0.640. The lowest BCUT2D eigenvalue weighted by Gasteiger charge is -2.23. The number of nitrogens with zero attached hydrogens (tertiary/aromatic N) is 2. The Hall–Kier alpha value is -0.810. The average Bonchev–Trinajstić information content (AvgIpc) is 3.13. The highest BCUT2D eigenvalue weighted by molar-refractivity contribution is 7.10. The van der Waals surface area contributed by atoms with Crippen molar-refractivity contribution in [1.82, 2.24) is 9.27 Å². The Kier molecular flexibility index (Phi) is 4.45. The molecule has 1 aromatic heterocycles. The number of nitrogen functional groups attached to an aromatic ring is 1. The highest BCUT2D eigenvalue weighted by Gasteiger charge is 2.30. The summed E-state index contributed by atoms with van der Waals surface area (Å²) in [5.74, 6) is 1.40. The fourth-order valence-corrected chi connectivity index (χ4v) is 2.91. The van der Waals surface area contributed by atoms with Gasteiger partial charge in [-0.25, -0.2) is 0 Å². The predicted octanol–water partition coefficient (Wildman–Crippen LogP) is 2.74. The van der Waals surface area contributed by atoms with Gasteiger partial charge in [-0.3, -0.25) is 0 Å². The molecule has 0 saturated heterocycles. The fourth-order valence-electron chi connectivity index (χ4n) is 2.08. The zero-order valence-electron chi connectivity index (χ0n) is 11.6. The first kappa shape index (κ1) is 13.6. The van der Waals surface area contributed by atoms with Crippen molar-refractivity contribution < 1.29 is 0 Å². The molecule has 18 heavy (non-hydrogen) atoms. The van der Waals surface area contributed by atoms with Crippen LogP contribution in [0.4, 0.5) is 10.8 Å². The van der Waals surface area contributed by atoms with Gasteiger partial charge in [-0.2, -0.15) is 4.37 Å². The number of anilines is 2. The maximum Gasteiger partial charge on any atom is 0.142 e. The summed E-state index contributed by atoms with van der Waals surface area (Å²) in [5.41, 5.74) is 7.20. The molecule has 1 aliphatic rings. The molecule has 2 rings (SSSR count). The molecule has 5 heteroatoms. The van der Waals surface area contributed by atoms with Gasteiger partial charge in [0.2, 0.25) is 0 Å². The molecule has 3 N–H and O–H groups in total. The van der Waals surface area contributed by atoms with Gasteiger partial charge < -0.3 is 16.0 Å². The Morgan fingerprint density at radius 3 is 2.89 bits per heavy atom. The molecule has 1 saturated carbocycles. The van der Waals surface area contributed by atoms with E-state index in [1.807, 2.05) is 0 Å². The molecule has 102 valence electrons. The second kappa shape index (κ2) is 5.89. The molecule has 1 fully saturated rings. The molecule has 0 bridgehead atoms. The number of likely N-dealkylation sites (N-methyl/N-ethyl adjacent to an activating group) is 1. The molecule has 0 radical (unpaired) electrons. The van der Waals surface area contributed by atoms with E-state index < -0.39 is 0 Å². The van der Waals surface area contributed by atoms with Crippen molar-refractivity contribution in [1.29, 1.82) is 0 Å². The SMILES string of the molecule is CCC(C)N(C)CCNc1snc(N)c1C1CC1. The summed E-state index contributed by atoms with van der Waals surface area (Å²) in [7, 11) is 2.18. The maximum atomic E-state index is 5.93. The molecule has 1 atom stereocenters. The highest BCUT2D eigenvalue weighted by atomic mass is 32.1. The first-order chi connectivity index (χ1) is 8.63. The van der Waals surface area contributed by atoms with Crippen molar-refractivity contribution in [3.8, 4) is 0 Å². The number of rotatable bonds is 7. The summed E-state index contributed by atoms with van der Waals surface area (Å²) in [6.45, 7) is 6.50. The van der Waals surface area contributed by atoms with Crippen LogP contribution in [-0.4, -0.2) is 35.5 Å². The molecule has 0 amide bonds. The van der Waals surface area contributed by atoms with Crippen molar-refractivity contribution in [2.24, 2.45) is 0 Å². The standard InChI is InChI=1S/C13H24N4S/c1-4-9(2)17(3)8-7-15-13-11(10-5-6-10)12(14)16-18-13/h9-10,15H,4-8H2,1-3H3,(H2,14,16). The van der Waals surface area contributed by atoms with E-state index in [4.69, 9.17) is 5.73 Å². The van der Waals surface area contributed by atoms with Crippen LogP contribution in [0.3, 0.4) is 0 Å². The third-order valence-corrected chi connectivity index (χ3v) is 4.67. The van der Waals surface area contributed by atoms with Crippen molar-refractivity contribution in [3.05, 3.63) is 5.56 Å². The molecule has 1 heterocycles. The van der Waals surface area contributed by atoms with E-state index in [1.54, 1.807) is 0 Å². The van der Waals surface area contributed by atoms with Gasteiger partial charge in [0.25, 0.3) is 0 Å². The highest BCUT2D eigenvalue weighted by Crippen LogP contribution is 2.47. The zero-order chi connectivity index (χ0) is 13.1. The average molecular weight is 268 g/mol. The van der Waals surface area contributed by atoms with Gasteiger partial charge >= 0.3 is 0 Å². The van der Waals surface area contributed by atoms with Crippen LogP contribution in [0.25, 0.3) is 0 Å². The predicted molar refractivity (Wildman–Crippen MR) is 79.4 cm³/mol. The summed E-state index contributed by atoms with van der Waals surface area (Å²) in [4.78, 5) is 2.38. The smallest absolute Gasteiger partial charge is 0.142 e. The Morgan fingerprint density at radius 1 is 1.56 bits per heavy atom. The quantitative estimate of drug-likeness (QED) is 0.798. The number of nitrogens with one attached hydrogen (secondary N) is 1. The summed E-state index contributed by atoms with van der Waals surface area (Å²) < 4.78 is 4.27. The Bertz CT molecular complexity index is 386. The number of nitrogens with two attached hydrogens (primary N) is 1. The second-order valence-corrected chi connectivity index (χ2v) is 6.02. The Labute approximate surface area is 114 Å². The molecule has 1 unspecified atom stereocenters. The molecule has 1 aromatic rings. The van der Waals surface area contributed by atoms with Crippen molar-refractivity contribution in [3.63, 3.8) is 0 Å². The van der Waals surface area contributed by atoms with Crippen LogP contribution in [0.5, 0.6) is 0 Å². The van der Waals surface area contributed by atoms with Crippen LogP contribution in [0.15, 0.2) is 0 Å². The first-order valence-electron chi connectivity index (χ1n) is 6.82. The van der Waals surface area contributed by atoms with Crippen LogP contribution in [0.2, 0.25) is 0 Å². The van der Waals surface area contributed by atoms with Crippen LogP contribution in [0.1, 0.15) is 44.6 Å². The lowest BCUT2D eigenvalue weighted by Crippen LogP contribution is -2.32. The largest absolute Gasteiger partial charge is 0.383 e. The maximum absolute atomic E-state index is 5.93. The van der Waals surface area contributed by atoms with E-state index >= 15 is 0 Å². The van der Waals surface area contributed by atoms with Crippen molar-refractivity contribution in [2.75, 3.05) is 31.2 Å². The van der Waals surface area contributed by atoms with Crippen molar-refractivity contribution >= 4 is 22.4 Å². The molecule has 0 aromatic carbocycles. The summed E-state index contributed by atoms with van der Waals surface area (Å²) in [6.07, 6.45) is 3.73. The molecule has 0 aliphatic heterocycles. The Morgan fingerprint density at radius 2 is 2.28 bits per heavy atom. The lowest BCUT2D eigenvalue weighted by atomic mass is 10.2. The second-order valence-electron chi connectivity index (χ2n) is 5.25. The monoisotopic (exact) mass is 268 g/mol. The number of hydrogen-bond acceptors (Lipinski definition) is 5. The summed E-state index contributed by atoms with van der Waals surface area (Å²) >= 11 is 1.51. The molecule has 0 spiro atoms. The molecular weight excluding hydrogens is 244 g/mol. The van der Waals surface area contributed by atoms with E-state index in [-0.39, 0.29) is 0 Å². The van der Waals surface area contributed by atoms with Gasteiger partial charge in [-0.1, -0.05) is 6.92 Å². The van der Waals surface area contributed by atoms with E-state index in [9.17, 15) is 0 Å². The fraction of sp³-hybridized carbons (Fsp3) is 0.769. The molecule has 1 aliphatic carbocycles. The van der Waals surface area contributed by atoms with Crippen LogP contribution < -0.4 is 11.1 Å². The van der Waals surface area contributed by atoms with E-state index in [2.05, 4.69) is 35.5 Å². The van der Waals surface area contributed by atoms with Gasteiger partial charge in [-0.15, -0.1) is 0 Å². The van der Waals surface area contributed by atoms with Gasteiger partial charge in [0.15, 0.2) is 0 Å². The minimum absolute atomic E-state index is 0.640. The van der Waals surface area contributed by atoms with Crippen LogP contribution in [-0.2, 0) is 0 Å². The summed E-state index contributed by atoms with van der Waals surface area (Å²) in [5, 5.41) is 4.69. The number of hydrogen-bond donors (Lipinski definition) is 2. The van der Waals surface area contributed by atoms with E-state index in [0.717, 1.165) is 18.9 Å². The lowest BCUT2D eigenvalue weighted by molar-refractivity contribution is 0.261. The third kappa shape index (κ3) is 3.14. The van der Waals surface area contributed by atoms with Crippen LogP contribution in [0, 0.1) is 0 Å². The van der Waals surface area contributed by atoms with Gasteiger partial charge in [0.1, 0.15) is 10.8 Å². The van der Waals surface area contributed by atoms with Crippen molar-refractivity contribution in [2.45, 2.75) is 45.1 Å². The first-order valence-corrected chi connectivity index (χ1v) is 7.60. The number of aromatic nitrogens is 1. The topological polar surface area (TPSA) is 54.2 Å². The van der Waals surface area contributed by atoms with E-state index in [0.29, 0.717) is 12.0 Å². The van der Waals surface area contributed by atoms with Crippen LogP contribution >= 0.6 is 11.5 Å². The molecule has 4 nitrogen and oxygen atoms in total. The minimum Gasteiger partial charge on any atom is -0.383 e. The van der Waals surface area contributed by atoms with E-state index in [1.165, 1.54) is 41.4 Å². The zero-order valence-corrected chi connectivity index (χ0v) is 12.4. The molecular formula is C13H24N4S. The Balaban J connectivity index is 1.83. The normalized spacial score (nSPS) is 17.1. The van der Waals surface area contributed by atoms with Gasteiger partial charge in [-0.05, 0) is 50.7 Å². The summed E-state index contributed by atoms with van der Waals surface area (Å²) in [6, 6.07) is 0.640. The third-order valence-electron chi connectivity index (χ3n) is 3.83. The van der Waals surface area contributed by atoms with Gasteiger partial charge in [0.05, 0.1) is 0 Å².